The standard InChI is InChI=1S/C7H16O2/c1-3-9-6-7(2)4-5-8/h7-8H,3-6H2,1-2H3. The Morgan fingerprint density at radius 3 is 2.67 bits per heavy atom. The van der Waals surface area contributed by atoms with Crippen LogP contribution in [0.4, 0.5) is 0 Å². The number of hydrogen-bond donors (Lipinski definition) is 1. The zero-order chi connectivity index (χ0) is 7.11. The monoisotopic (exact) mass is 132 g/mol. The summed E-state index contributed by atoms with van der Waals surface area (Å²) in [5.41, 5.74) is 0. The number of rotatable bonds is 5. The van der Waals surface area contributed by atoms with Crippen LogP contribution in [-0.4, -0.2) is 24.9 Å². The zero-order valence-corrected chi connectivity index (χ0v) is 6.26. The van der Waals surface area contributed by atoms with Crippen LogP contribution in [0.15, 0.2) is 0 Å². The first kappa shape index (κ1) is 8.92. The zero-order valence-electron chi connectivity index (χ0n) is 6.26. The molecule has 0 aliphatic carbocycles. The van der Waals surface area contributed by atoms with Gasteiger partial charge in [-0.15, -0.1) is 0 Å². The molecule has 0 bridgehead atoms. The van der Waals surface area contributed by atoms with E-state index in [2.05, 4.69) is 6.92 Å². The third kappa shape index (κ3) is 5.80. The van der Waals surface area contributed by atoms with E-state index in [9.17, 15) is 0 Å². The minimum absolute atomic E-state index is 0.272. The van der Waals surface area contributed by atoms with Crippen LogP contribution in [0, 0.1) is 5.92 Å². The van der Waals surface area contributed by atoms with E-state index < -0.39 is 0 Å². The molecule has 0 aliphatic heterocycles. The summed E-state index contributed by atoms with van der Waals surface area (Å²) < 4.78 is 5.14. The molecule has 2 nitrogen and oxygen atoms in total. The molecule has 9 heavy (non-hydrogen) atoms. The summed E-state index contributed by atoms with van der Waals surface area (Å²) in [6.07, 6.45) is 0.847. The minimum Gasteiger partial charge on any atom is -0.396 e. The van der Waals surface area contributed by atoms with Gasteiger partial charge < -0.3 is 9.84 Å². The van der Waals surface area contributed by atoms with E-state index in [1.807, 2.05) is 6.92 Å². The number of aliphatic hydroxyl groups is 1. The van der Waals surface area contributed by atoms with Gasteiger partial charge in [-0.1, -0.05) is 6.92 Å². The van der Waals surface area contributed by atoms with E-state index in [0.29, 0.717) is 5.92 Å². The molecule has 0 saturated heterocycles. The van der Waals surface area contributed by atoms with Crippen LogP contribution in [0.2, 0.25) is 0 Å². The Morgan fingerprint density at radius 2 is 2.22 bits per heavy atom. The van der Waals surface area contributed by atoms with Gasteiger partial charge in [-0.2, -0.15) is 0 Å². The van der Waals surface area contributed by atoms with Gasteiger partial charge in [0.2, 0.25) is 0 Å². The molecule has 0 fully saturated rings. The van der Waals surface area contributed by atoms with Gasteiger partial charge in [0, 0.05) is 19.8 Å². The van der Waals surface area contributed by atoms with E-state index >= 15 is 0 Å². The molecule has 0 amide bonds. The fourth-order valence-electron chi connectivity index (χ4n) is 0.623. The molecule has 2 heteroatoms. The van der Waals surface area contributed by atoms with Crippen LogP contribution >= 0.6 is 0 Å². The Morgan fingerprint density at radius 1 is 1.56 bits per heavy atom. The van der Waals surface area contributed by atoms with E-state index in [4.69, 9.17) is 9.84 Å². The van der Waals surface area contributed by atoms with Crippen molar-refractivity contribution >= 4 is 0 Å². The fraction of sp³-hybridized carbons (Fsp3) is 1.00. The third-order valence-electron chi connectivity index (χ3n) is 1.23. The molecule has 0 saturated carbocycles. The maximum Gasteiger partial charge on any atom is 0.0492 e. The Bertz CT molecular complexity index is 54.9. The minimum atomic E-state index is 0.272. The summed E-state index contributed by atoms with van der Waals surface area (Å²) in [7, 11) is 0. The van der Waals surface area contributed by atoms with Gasteiger partial charge in [0.05, 0.1) is 0 Å². The molecule has 0 spiro atoms. The van der Waals surface area contributed by atoms with Crippen molar-refractivity contribution in [1.82, 2.24) is 0 Å². The molecule has 0 rings (SSSR count). The van der Waals surface area contributed by atoms with Crippen molar-refractivity contribution in [3.05, 3.63) is 0 Å². The highest BCUT2D eigenvalue weighted by Gasteiger charge is 1.98. The first-order chi connectivity index (χ1) is 4.31. The molecule has 1 atom stereocenters. The molecule has 1 N–H and O–H groups in total. The molecule has 0 aromatic rings. The Labute approximate surface area is 56.8 Å². The average molecular weight is 132 g/mol. The summed E-state index contributed by atoms with van der Waals surface area (Å²) in [4.78, 5) is 0. The van der Waals surface area contributed by atoms with Gasteiger partial charge in [-0.25, -0.2) is 0 Å². The van der Waals surface area contributed by atoms with Gasteiger partial charge in [0.25, 0.3) is 0 Å². The van der Waals surface area contributed by atoms with Crippen LogP contribution in [0.25, 0.3) is 0 Å². The predicted octanol–water partition coefficient (Wildman–Crippen LogP) is 1.04. The summed E-state index contributed by atoms with van der Waals surface area (Å²) >= 11 is 0. The molecule has 0 aliphatic rings. The first-order valence-corrected chi connectivity index (χ1v) is 3.49. The Balaban J connectivity index is 2.95. The topological polar surface area (TPSA) is 29.5 Å². The van der Waals surface area contributed by atoms with Crippen molar-refractivity contribution in [3.63, 3.8) is 0 Å². The van der Waals surface area contributed by atoms with Gasteiger partial charge in [-0.05, 0) is 19.3 Å². The van der Waals surface area contributed by atoms with E-state index in [1.165, 1.54) is 0 Å². The molecule has 0 heterocycles. The van der Waals surface area contributed by atoms with Crippen LogP contribution < -0.4 is 0 Å². The maximum atomic E-state index is 8.48. The molecular formula is C7H16O2. The smallest absolute Gasteiger partial charge is 0.0492 e. The van der Waals surface area contributed by atoms with Crippen molar-refractivity contribution in [2.45, 2.75) is 20.3 Å². The largest absolute Gasteiger partial charge is 0.396 e. The highest BCUT2D eigenvalue weighted by molar-refractivity contribution is 4.48. The van der Waals surface area contributed by atoms with Gasteiger partial charge >= 0.3 is 0 Å². The summed E-state index contributed by atoms with van der Waals surface area (Å²) in [6, 6.07) is 0. The second-order valence-electron chi connectivity index (χ2n) is 2.28. The fourth-order valence-corrected chi connectivity index (χ4v) is 0.623. The van der Waals surface area contributed by atoms with Crippen molar-refractivity contribution < 1.29 is 9.84 Å². The highest BCUT2D eigenvalue weighted by Crippen LogP contribution is 1.99. The lowest BCUT2D eigenvalue weighted by molar-refractivity contribution is 0.104. The molecule has 0 radical (unpaired) electrons. The Hall–Kier alpha value is -0.0800. The quantitative estimate of drug-likeness (QED) is 0.605. The number of aliphatic hydroxyl groups excluding tert-OH is 1. The Kier molecular flexibility index (Phi) is 5.99. The molecule has 56 valence electrons. The number of ether oxygens (including phenoxy) is 1. The predicted molar refractivity (Wildman–Crippen MR) is 37.4 cm³/mol. The second kappa shape index (κ2) is 6.05. The highest BCUT2D eigenvalue weighted by atomic mass is 16.5. The summed E-state index contributed by atoms with van der Waals surface area (Å²) in [6.45, 7) is 5.87. The summed E-state index contributed by atoms with van der Waals surface area (Å²) in [5, 5.41) is 8.48. The molecule has 1 unspecified atom stereocenters. The van der Waals surface area contributed by atoms with Gasteiger partial charge in [-0.3, -0.25) is 0 Å². The summed E-state index contributed by atoms with van der Waals surface area (Å²) in [5.74, 6) is 0.495. The maximum absolute atomic E-state index is 8.48. The van der Waals surface area contributed by atoms with Crippen LogP contribution in [-0.2, 0) is 4.74 Å². The van der Waals surface area contributed by atoms with Crippen molar-refractivity contribution in [2.24, 2.45) is 5.92 Å². The van der Waals surface area contributed by atoms with Crippen molar-refractivity contribution in [2.75, 3.05) is 19.8 Å². The lowest BCUT2D eigenvalue weighted by Gasteiger charge is -2.07. The van der Waals surface area contributed by atoms with Gasteiger partial charge in [0.1, 0.15) is 0 Å². The van der Waals surface area contributed by atoms with Crippen molar-refractivity contribution in [3.8, 4) is 0 Å². The second-order valence-corrected chi connectivity index (χ2v) is 2.28. The molecular weight excluding hydrogens is 116 g/mol. The van der Waals surface area contributed by atoms with Crippen LogP contribution in [0.3, 0.4) is 0 Å². The third-order valence-corrected chi connectivity index (χ3v) is 1.23. The normalized spacial score (nSPS) is 13.7. The van der Waals surface area contributed by atoms with E-state index in [0.717, 1.165) is 19.6 Å². The van der Waals surface area contributed by atoms with Crippen LogP contribution in [0.1, 0.15) is 20.3 Å². The lowest BCUT2D eigenvalue weighted by atomic mass is 10.1. The molecule has 0 aromatic carbocycles. The number of hydrogen-bond acceptors (Lipinski definition) is 2. The van der Waals surface area contributed by atoms with E-state index in [1.54, 1.807) is 0 Å². The molecule has 0 aromatic heterocycles. The lowest BCUT2D eigenvalue weighted by Crippen LogP contribution is -2.07. The van der Waals surface area contributed by atoms with Gasteiger partial charge in [0.15, 0.2) is 0 Å². The SMILES string of the molecule is CCOCC(C)CCO. The van der Waals surface area contributed by atoms with Crippen molar-refractivity contribution in [1.29, 1.82) is 0 Å². The first-order valence-electron chi connectivity index (χ1n) is 3.49. The van der Waals surface area contributed by atoms with E-state index in [-0.39, 0.29) is 6.61 Å². The van der Waals surface area contributed by atoms with Crippen LogP contribution in [0.5, 0.6) is 0 Å². The average Bonchev–Trinajstić information content (AvgIpc) is 1.85.